The molecule has 2 atom stereocenters. The molecule has 0 aromatic carbocycles. The van der Waals surface area contributed by atoms with Crippen LogP contribution < -0.4 is 5.32 Å². The van der Waals surface area contributed by atoms with Gasteiger partial charge in [0, 0.05) is 17.4 Å². The van der Waals surface area contributed by atoms with Gasteiger partial charge in [-0.15, -0.1) is 0 Å². The van der Waals surface area contributed by atoms with Crippen molar-refractivity contribution in [2.45, 2.75) is 123 Å². The molecule has 2 N–H and O–H groups in total. The van der Waals surface area contributed by atoms with Gasteiger partial charge in [-0.2, -0.15) is 23.1 Å². The molecule has 238 valence electrons. The average Bonchev–Trinajstić information content (AvgIpc) is 3.63. The predicted molar refractivity (Wildman–Crippen MR) is 145 cm³/mol. The van der Waals surface area contributed by atoms with Crippen LogP contribution in [0.4, 0.5) is 18.0 Å². The lowest BCUT2D eigenvalue weighted by Gasteiger charge is -2.27. The maximum Gasteiger partial charge on any atom is 0.490 e. The number of nitrogens with one attached hydrogen (secondary N) is 1. The number of amides is 1. The van der Waals surface area contributed by atoms with Crippen molar-refractivity contribution in [1.82, 2.24) is 30.5 Å². The number of carboxylic acid groups (broad SMARTS) is 1. The Morgan fingerprint density at radius 2 is 1.38 bits per heavy atom. The molecule has 0 aliphatic carbocycles. The molecule has 1 amide bonds. The Hall–Kier alpha value is -3.23. The minimum absolute atomic E-state index is 0.0274. The summed E-state index contributed by atoms with van der Waals surface area (Å²) in [6.45, 7) is 19.6. The lowest BCUT2D eigenvalue weighted by molar-refractivity contribution is -0.192. The molecule has 2 aliphatic rings. The fourth-order valence-corrected chi connectivity index (χ4v) is 3.81. The van der Waals surface area contributed by atoms with Gasteiger partial charge in [-0.3, -0.25) is 4.90 Å². The molecule has 2 saturated heterocycles. The largest absolute Gasteiger partial charge is 0.490 e. The lowest BCUT2D eigenvalue weighted by Crippen LogP contribution is -2.36. The predicted octanol–water partition coefficient (Wildman–Crippen LogP) is 5.86. The Morgan fingerprint density at radius 1 is 0.881 bits per heavy atom. The topological polar surface area (TPSA) is 157 Å². The third-order valence-corrected chi connectivity index (χ3v) is 5.99. The number of aliphatic carboxylic acids is 1. The fraction of sp³-hybridized carbons (Fsp3) is 0.778. The molecule has 4 rings (SSSR count). The van der Waals surface area contributed by atoms with Crippen LogP contribution in [-0.2, 0) is 20.4 Å². The Kier molecular flexibility index (Phi) is 11.1. The maximum absolute atomic E-state index is 12.3. The molecule has 0 spiro atoms. The lowest BCUT2D eigenvalue weighted by atomic mass is 9.96. The van der Waals surface area contributed by atoms with Crippen molar-refractivity contribution in [3.05, 3.63) is 23.4 Å². The highest BCUT2D eigenvalue weighted by Crippen LogP contribution is 2.33. The first-order chi connectivity index (χ1) is 19.1. The summed E-state index contributed by atoms with van der Waals surface area (Å²) in [6.07, 6.45) is -1.37. The normalized spacial score (nSPS) is 19.5. The number of ether oxygens (including phenoxy) is 1. The number of halogens is 3. The van der Waals surface area contributed by atoms with E-state index in [0.717, 1.165) is 37.5 Å². The summed E-state index contributed by atoms with van der Waals surface area (Å²) in [5, 5.41) is 18.5. The molecule has 0 saturated carbocycles. The van der Waals surface area contributed by atoms with E-state index in [1.165, 1.54) is 6.42 Å². The summed E-state index contributed by atoms with van der Waals surface area (Å²) in [5.74, 6) is -0.0575. The number of nitrogens with zero attached hydrogens (tertiary/aromatic N) is 5. The van der Waals surface area contributed by atoms with E-state index >= 15 is 0 Å². The molecule has 12 nitrogen and oxygen atoms in total. The van der Waals surface area contributed by atoms with Gasteiger partial charge in [-0.05, 0) is 53.0 Å². The molecular weight excluding hydrogens is 561 g/mol. The van der Waals surface area contributed by atoms with Gasteiger partial charge >= 0.3 is 18.2 Å². The van der Waals surface area contributed by atoms with Gasteiger partial charge < -0.3 is 24.2 Å². The molecule has 2 aromatic rings. The Bertz CT molecular complexity index is 1170. The first kappa shape index (κ1) is 35.0. The highest BCUT2D eigenvalue weighted by Gasteiger charge is 2.39. The molecular formula is C27H43F3N6O6. The molecule has 2 aromatic heterocycles. The fourth-order valence-electron chi connectivity index (χ4n) is 3.81. The van der Waals surface area contributed by atoms with Gasteiger partial charge in [0.05, 0.1) is 6.04 Å². The van der Waals surface area contributed by atoms with Crippen molar-refractivity contribution in [2.75, 3.05) is 13.1 Å². The van der Waals surface area contributed by atoms with Crippen molar-refractivity contribution in [3.63, 3.8) is 0 Å². The smallest absolute Gasteiger partial charge is 0.475 e. The first-order valence-corrected chi connectivity index (χ1v) is 13.8. The second-order valence-corrected chi connectivity index (χ2v) is 13.2. The molecule has 0 bridgehead atoms. The summed E-state index contributed by atoms with van der Waals surface area (Å²) >= 11 is 0. The number of alkyl halides is 3. The van der Waals surface area contributed by atoms with Crippen LogP contribution in [0.15, 0.2) is 9.05 Å². The van der Waals surface area contributed by atoms with Crippen LogP contribution in [0.3, 0.4) is 0 Å². The van der Waals surface area contributed by atoms with Gasteiger partial charge in [0.2, 0.25) is 11.8 Å². The van der Waals surface area contributed by atoms with Gasteiger partial charge in [0.15, 0.2) is 11.6 Å². The number of aromatic nitrogens is 4. The van der Waals surface area contributed by atoms with Crippen LogP contribution in [0.25, 0.3) is 0 Å². The van der Waals surface area contributed by atoms with E-state index < -0.39 is 17.7 Å². The summed E-state index contributed by atoms with van der Waals surface area (Å²) in [5.41, 5.74) is -0.701. The van der Waals surface area contributed by atoms with Crippen molar-refractivity contribution in [2.24, 2.45) is 0 Å². The highest BCUT2D eigenvalue weighted by molar-refractivity contribution is 5.73. The zero-order valence-electron chi connectivity index (χ0n) is 25.8. The summed E-state index contributed by atoms with van der Waals surface area (Å²) in [7, 11) is 0. The van der Waals surface area contributed by atoms with E-state index in [-0.39, 0.29) is 29.0 Å². The Labute approximate surface area is 243 Å². The van der Waals surface area contributed by atoms with Crippen LogP contribution in [-0.4, -0.2) is 67.2 Å². The van der Waals surface area contributed by atoms with Crippen LogP contribution in [0.5, 0.6) is 0 Å². The summed E-state index contributed by atoms with van der Waals surface area (Å²) in [6, 6.07) is 0.0991. The van der Waals surface area contributed by atoms with Crippen molar-refractivity contribution >= 4 is 12.1 Å². The van der Waals surface area contributed by atoms with E-state index in [2.05, 4.69) is 46.4 Å². The van der Waals surface area contributed by atoms with Crippen LogP contribution >= 0.6 is 0 Å². The van der Waals surface area contributed by atoms with E-state index in [4.69, 9.17) is 23.7 Å². The third-order valence-electron chi connectivity index (χ3n) is 5.99. The number of carbonyl (C=O) groups excluding carboxylic acids is 1. The molecule has 0 radical (unpaired) electrons. The number of carboxylic acids is 1. The number of carbonyl (C=O) groups is 2. The van der Waals surface area contributed by atoms with Gasteiger partial charge in [0.1, 0.15) is 11.6 Å². The van der Waals surface area contributed by atoms with Crippen molar-refractivity contribution in [1.29, 1.82) is 0 Å². The minimum Gasteiger partial charge on any atom is -0.475 e. The maximum atomic E-state index is 12.3. The average molecular weight is 605 g/mol. The molecule has 15 heteroatoms. The zero-order valence-corrected chi connectivity index (χ0v) is 25.8. The van der Waals surface area contributed by atoms with Gasteiger partial charge in [0.25, 0.3) is 0 Å². The Balaban J connectivity index is 0.000000252. The quantitative estimate of drug-likeness (QED) is 0.423. The molecule has 0 unspecified atom stereocenters. The number of hydrogen-bond donors (Lipinski definition) is 2. The monoisotopic (exact) mass is 604 g/mol. The van der Waals surface area contributed by atoms with Crippen molar-refractivity contribution in [3.8, 4) is 0 Å². The van der Waals surface area contributed by atoms with E-state index in [1.54, 1.807) is 4.90 Å². The van der Waals surface area contributed by atoms with Crippen LogP contribution in [0, 0.1) is 0 Å². The van der Waals surface area contributed by atoms with Crippen LogP contribution in [0.2, 0.25) is 0 Å². The minimum atomic E-state index is -5.08. The zero-order chi connectivity index (χ0) is 32.1. The van der Waals surface area contributed by atoms with Gasteiger partial charge in [-0.25, -0.2) is 9.59 Å². The number of hydrogen-bond acceptors (Lipinski definition) is 10. The SMILES string of the molecule is CC(C)(C)OC(=O)N1CCC[C@H]1c1nc(C(C)(C)C)no1.CC(C)(C)c1noc([C@@H]2CCCN2)n1.O=C(O)C(F)(F)F. The first-order valence-electron chi connectivity index (χ1n) is 13.8. The second-order valence-electron chi connectivity index (χ2n) is 13.2. The summed E-state index contributed by atoms with van der Waals surface area (Å²) in [4.78, 5) is 31.7. The number of rotatable bonds is 2. The van der Waals surface area contributed by atoms with E-state index in [0.29, 0.717) is 18.3 Å². The molecule has 2 fully saturated rings. The standard InChI is InChI=1S/C15H25N3O3.C10H17N3O.C2HF3O2/c1-14(2,3)12-16-11(21-17-12)10-8-7-9-18(10)13(19)20-15(4,5)6;1-10(2,3)9-12-8(14-13-9)7-5-4-6-11-7;3-2(4,5)1(6)7/h10H,7-9H2,1-6H3;7,11H,4-6H2,1-3H3;(H,6,7)/t10-;7-;/m00./s1. The molecule has 4 heterocycles. The molecule has 2 aliphatic heterocycles. The Morgan fingerprint density at radius 3 is 1.79 bits per heavy atom. The third kappa shape index (κ3) is 10.6. The van der Waals surface area contributed by atoms with Gasteiger partial charge in [-0.1, -0.05) is 51.9 Å². The molecule has 42 heavy (non-hydrogen) atoms. The van der Waals surface area contributed by atoms with Crippen molar-refractivity contribution < 1.29 is 41.6 Å². The van der Waals surface area contributed by atoms with E-state index in [1.807, 2.05) is 41.5 Å². The van der Waals surface area contributed by atoms with E-state index in [9.17, 15) is 18.0 Å². The summed E-state index contributed by atoms with van der Waals surface area (Å²) < 4.78 is 47.8. The highest BCUT2D eigenvalue weighted by atomic mass is 19.4. The second kappa shape index (κ2) is 13.4. The number of likely N-dealkylation sites (tertiary alicyclic amines) is 1. The van der Waals surface area contributed by atoms with Crippen LogP contribution in [0.1, 0.15) is 124 Å².